The number of hydrogen-bond donors (Lipinski definition) is 2. The number of carbonyl (C=O) groups excluding carboxylic acids is 4. The number of nitrogens with one attached hydrogen (secondary N) is 1. The van der Waals surface area contributed by atoms with Crippen molar-refractivity contribution in [1.29, 1.82) is 0 Å². The van der Waals surface area contributed by atoms with Crippen molar-refractivity contribution in [2.75, 3.05) is 6.61 Å². The van der Waals surface area contributed by atoms with E-state index in [1.165, 1.54) is 0 Å². The highest BCUT2D eigenvalue weighted by Gasteiger charge is 2.47. The molecule has 0 fully saturated rings. The van der Waals surface area contributed by atoms with E-state index in [4.69, 9.17) is 14.2 Å². The molecular weight excluding hydrogens is 397 g/mol. The first-order chi connectivity index (χ1) is 13.4. The van der Waals surface area contributed by atoms with Crippen molar-refractivity contribution in [3.63, 3.8) is 0 Å². The van der Waals surface area contributed by atoms with E-state index >= 15 is 4.39 Å². The summed E-state index contributed by atoms with van der Waals surface area (Å²) < 4.78 is 35.0. The molecule has 1 aliphatic rings. The zero-order chi connectivity index (χ0) is 22.3. The van der Waals surface area contributed by atoms with Gasteiger partial charge in [0.25, 0.3) is 0 Å². The number of carboxylic acid groups (broad SMARTS) is 1. The first-order valence-corrected chi connectivity index (χ1v) is 8.43. The van der Waals surface area contributed by atoms with E-state index in [0.717, 1.165) is 33.8 Å². The maximum atomic E-state index is 15.3. The fraction of sp³-hybridized carbons (Fsp3) is 0.588. The van der Waals surface area contributed by atoms with Crippen molar-refractivity contribution >= 4 is 29.8 Å². The molecule has 0 aromatic heterocycles. The minimum Gasteiger partial charge on any atom is -0.478 e. The Bertz CT molecular complexity index is 706. The average Bonchev–Trinajstić information content (AvgIpc) is 2.57. The number of hydrogen-bond acceptors (Lipinski definition) is 9. The van der Waals surface area contributed by atoms with Crippen molar-refractivity contribution in [1.82, 2.24) is 5.32 Å². The van der Waals surface area contributed by atoms with Gasteiger partial charge in [-0.2, -0.15) is 0 Å². The minimum atomic E-state index is -2.27. The van der Waals surface area contributed by atoms with Gasteiger partial charge >= 0.3 is 23.9 Å². The van der Waals surface area contributed by atoms with Crippen LogP contribution in [0.2, 0.25) is 0 Å². The lowest BCUT2D eigenvalue weighted by Gasteiger charge is -2.39. The molecule has 5 atom stereocenters. The molecule has 0 spiro atoms. The van der Waals surface area contributed by atoms with Gasteiger partial charge in [0.15, 0.2) is 18.4 Å². The Morgan fingerprint density at radius 1 is 1.14 bits per heavy atom. The third kappa shape index (κ3) is 7.39. The smallest absolute Gasteiger partial charge is 0.370 e. The van der Waals surface area contributed by atoms with Gasteiger partial charge in [0, 0.05) is 33.8 Å². The molecule has 12 heteroatoms. The summed E-state index contributed by atoms with van der Waals surface area (Å²) in [5.74, 6) is -5.46. The van der Waals surface area contributed by atoms with E-state index in [9.17, 15) is 29.1 Å². The first kappa shape index (κ1) is 23.9. The summed E-state index contributed by atoms with van der Waals surface area (Å²) in [4.78, 5) is 56.6. The van der Waals surface area contributed by atoms with Crippen LogP contribution in [0.25, 0.3) is 0 Å². The van der Waals surface area contributed by atoms with Gasteiger partial charge < -0.3 is 29.4 Å². The van der Waals surface area contributed by atoms with Crippen LogP contribution in [-0.4, -0.2) is 72.0 Å². The van der Waals surface area contributed by atoms with Crippen LogP contribution in [0, 0.1) is 0 Å². The maximum absolute atomic E-state index is 15.3. The summed E-state index contributed by atoms with van der Waals surface area (Å²) >= 11 is 0. The maximum Gasteiger partial charge on any atom is 0.370 e. The number of halogens is 1. The topological polar surface area (TPSA) is 155 Å². The van der Waals surface area contributed by atoms with E-state index < -0.39 is 72.7 Å². The normalized spacial score (nSPS) is 22.8. The van der Waals surface area contributed by atoms with Gasteiger partial charge in [0.05, 0.1) is 0 Å². The van der Waals surface area contributed by atoms with Crippen molar-refractivity contribution in [3.05, 3.63) is 11.8 Å². The molecular formula is C17H22FNO10. The number of aliphatic carboxylic acids is 1. The fourth-order valence-corrected chi connectivity index (χ4v) is 2.60. The van der Waals surface area contributed by atoms with Crippen LogP contribution in [-0.2, 0) is 42.9 Å². The van der Waals surface area contributed by atoms with E-state index in [1.54, 1.807) is 0 Å². The van der Waals surface area contributed by atoms with Crippen LogP contribution >= 0.6 is 0 Å². The molecule has 0 radical (unpaired) electrons. The van der Waals surface area contributed by atoms with Crippen molar-refractivity contribution in [2.45, 2.75) is 58.2 Å². The van der Waals surface area contributed by atoms with Crippen LogP contribution in [0.15, 0.2) is 11.8 Å². The second-order valence-corrected chi connectivity index (χ2v) is 6.11. The molecule has 11 nitrogen and oxygen atoms in total. The van der Waals surface area contributed by atoms with Gasteiger partial charge in [-0.25, -0.2) is 9.18 Å². The Morgan fingerprint density at radius 3 is 2.21 bits per heavy atom. The summed E-state index contributed by atoms with van der Waals surface area (Å²) in [6, 6.07) is -1.36. The Morgan fingerprint density at radius 2 is 1.76 bits per heavy atom. The molecule has 0 unspecified atom stereocenters. The molecule has 1 aliphatic heterocycles. The van der Waals surface area contributed by atoms with Crippen LogP contribution in [0.3, 0.4) is 0 Å². The number of carbonyl (C=O) groups is 5. The van der Waals surface area contributed by atoms with Crippen molar-refractivity contribution in [3.8, 4) is 0 Å². The van der Waals surface area contributed by atoms with Gasteiger partial charge in [-0.3, -0.25) is 19.2 Å². The Hall–Kier alpha value is -3.18. The second-order valence-electron chi connectivity index (χ2n) is 6.11. The zero-order valence-corrected chi connectivity index (χ0v) is 16.2. The molecule has 0 saturated carbocycles. The van der Waals surface area contributed by atoms with Gasteiger partial charge in [0.1, 0.15) is 18.8 Å². The molecule has 1 amide bonds. The van der Waals surface area contributed by atoms with E-state index in [1.807, 2.05) is 0 Å². The molecule has 162 valence electrons. The third-order valence-corrected chi connectivity index (χ3v) is 3.61. The summed E-state index contributed by atoms with van der Waals surface area (Å²) in [5, 5.41) is 11.6. The zero-order valence-electron chi connectivity index (χ0n) is 16.2. The number of esters is 3. The predicted octanol–water partition coefficient (Wildman–Crippen LogP) is -0.377. The van der Waals surface area contributed by atoms with Gasteiger partial charge in [-0.1, -0.05) is 0 Å². The summed E-state index contributed by atoms with van der Waals surface area (Å²) in [7, 11) is 0. The highest BCUT2D eigenvalue weighted by molar-refractivity contribution is 5.85. The van der Waals surface area contributed by atoms with Gasteiger partial charge in [0.2, 0.25) is 11.7 Å². The Labute approximate surface area is 165 Å². The first-order valence-electron chi connectivity index (χ1n) is 8.43. The largest absolute Gasteiger partial charge is 0.478 e. The highest BCUT2D eigenvalue weighted by atomic mass is 19.1. The summed E-state index contributed by atoms with van der Waals surface area (Å²) in [6.45, 7) is 3.50. The fourth-order valence-electron chi connectivity index (χ4n) is 2.60. The lowest BCUT2D eigenvalue weighted by atomic mass is 9.94. The second kappa shape index (κ2) is 10.4. The molecule has 0 aliphatic carbocycles. The van der Waals surface area contributed by atoms with Crippen LogP contribution in [0.1, 0.15) is 27.7 Å². The van der Waals surface area contributed by atoms with Crippen LogP contribution < -0.4 is 5.32 Å². The number of ether oxygens (including phenoxy) is 4. The highest BCUT2D eigenvalue weighted by Crippen LogP contribution is 2.27. The lowest BCUT2D eigenvalue weighted by molar-refractivity contribution is -0.171. The molecule has 1 heterocycles. The average molecular weight is 419 g/mol. The Kier molecular flexibility index (Phi) is 8.55. The van der Waals surface area contributed by atoms with Crippen molar-refractivity contribution < 1.29 is 52.4 Å². The summed E-state index contributed by atoms with van der Waals surface area (Å²) in [6.07, 6.45) is -6.18. The number of alkyl halides is 1. The monoisotopic (exact) mass is 419 g/mol. The van der Waals surface area contributed by atoms with E-state index in [2.05, 4.69) is 10.1 Å². The number of rotatable bonds is 8. The SMILES string of the molecule is CC(=O)N[C@H]1[C@H]([C@H](F)[C@@H](COC(C)=O)OC(C)=O)OC(C(=O)O)=C[C@@H]1OC(C)=O. The van der Waals surface area contributed by atoms with Crippen LogP contribution in [0.5, 0.6) is 0 Å². The molecule has 0 aromatic carbocycles. The number of carboxylic acids is 1. The molecule has 0 bridgehead atoms. The standard InChI is InChI=1S/C17H22FNO10/c1-7(20)19-15-11(27-9(3)22)5-12(17(24)25)29-16(15)14(18)13(28-10(4)23)6-26-8(2)21/h5,11,13-16H,6H2,1-4H3,(H,19,20)(H,24,25)/t11-,13+,14+,15+,16-/m0/s1. The van der Waals surface area contributed by atoms with Gasteiger partial charge in [-0.15, -0.1) is 0 Å². The minimum absolute atomic E-state index is 0.649. The van der Waals surface area contributed by atoms with Crippen LogP contribution in [0.4, 0.5) is 4.39 Å². The lowest BCUT2D eigenvalue weighted by Crippen LogP contribution is -2.60. The van der Waals surface area contributed by atoms with Crippen molar-refractivity contribution in [2.24, 2.45) is 0 Å². The summed E-state index contributed by atoms with van der Waals surface area (Å²) in [5.41, 5.74) is 0. The number of amides is 1. The Balaban J connectivity index is 3.30. The van der Waals surface area contributed by atoms with Gasteiger partial charge in [-0.05, 0) is 0 Å². The van der Waals surface area contributed by atoms with E-state index in [0.29, 0.717) is 0 Å². The third-order valence-electron chi connectivity index (χ3n) is 3.61. The molecule has 2 N–H and O–H groups in total. The molecule has 1 rings (SSSR count). The molecule has 29 heavy (non-hydrogen) atoms. The predicted molar refractivity (Wildman–Crippen MR) is 90.8 cm³/mol. The quantitative estimate of drug-likeness (QED) is 0.393. The van der Waals surface area contributed by atoms with E-state index in [-0.39, 0.29) is 0 Å². The molecule has 0 saturated heterocycles. The molecule has 0 aromatic rings.